The van der Waals surface area contributed by atoms with Crippen molar-refractivity contribution in [2.75, 3.05) is 6.61 Å². The van der Waals surface area contributed by atoms with Crippen LogP contribution in [-0.4, -0.2) is 6.61 Å². The van der Waals surface area contributed by atoms with Crippen LogP contribution in [0.3, 0.4) is 0 Å². The maximum Gasteiger partial charge on any atom is 0.119 e. The lowest BCUT2D eigenvalue weighted by Crippen LogP contribution is -1.89. The van der Waals surface area contributed by atoms with Crippen molar-refractivity contribution in [1.29, 1.82) is 0 Å². The molecule has 0 saturated heterocycles. The van der Waals surface area contributed by atoms with Gasteiger partial charge in [0.2, 0.25) is 0 Å². The summed E-state index contributed by atoms with van der Waals surface area (Å²) in [5.41, 5.74) is 0. The summed E-state index contributed by atoms with van der Waals surface area (Å²) in [6.07, 6.45) is 2.62. The first kappa shape index (κ1) is 12.3. The van der Waals surface area contributed by atoms with Crippen molar-refractivity contribution >= 4 is 0 Å². The highest BCUT2D eigenvalue weighted by Gasteiger charge is 1.83. The van der Waals surface area contributed by atoms with E-state index in [0.717, 1.165) is 12.4 Å². The fraction of sp³-hybridized carbons (Fsp3) is 0.167. The molecule has 0 heterocycles. The monoisotopic (exact) mass is 192 g/mol. The third kappa shape index (κ3) is 6.98. The van der Waals surface area contributed by atoms with E-state index >= 15 is 0 Å². The van der Waals surface area contributed by atoms with Crippen LogP contribution < -0.4 is 4.74 Å². The molecule has 76 valence electrons. The zero-order chi connectivity index (χ0) is 10.6. The molecule has 1 rings (SSSR count). The van der Waals surface area contributed by atoms with E-state index in [1.165, 1.54) is 12.5 Å². The van der Waals surface area contributed by atoms with Crippen LogP contribution in [0.4, 0.5) is 0 Å². The second-order valence-electron chi connectivity index (χ2n) is 2.22. The minimum atomic E-state index is 0.740. The van der Waals surface area contributed by atoms with Gasteiger partial charge in [-0.1, -0.05) is 31.4 Å². The van der Waals surface area contributed by atoms with Gasteiger partial charge in [-0.25, -0.2) is 0 Å². The normalized spacial score (nSPS) is 7.79. The molecule has 0 radical (unpaired) electrons. The molecule has 0 saturated carbocycles. The molecule has 2 heteroatoms. The highest BCUT2D eigenvalue weighted by atomic mass is 16.5. The molecule has 0 spiro atoms. The third-order valence-corrected chi connectivity index (χ3v) is 1.25. The van der Waals surface area contributed by atoms with E-state index in [1.807, 2.05) is 37.3 Å². The first-order valence-electron chi connectivity index (χ1n) is 4.40. The van der Waals surface area contributed by atoms with Crippen molar-refractivity contribution in [2.45, 2.75) is 6.92 Å². The lowest BCUT2D eigenvalue weighted by Gasteiger charge is -1.99. The zero-order valence-corrected chi connectivity index (χ0v) is 8.48. The van der Waals surface area contributed by atoms with Crippen LogP contribution in [0.5, 0.6) is 5.75 Å². The van der Waals surface area contributed by atoms with Crippen molar-refractivity contribution in [2.24, 2.45) is 0 Å². The Morgan fingerprint density at radius 2 is 1.71 bits per heavy atom. The molecule has 2 nitrogen and oxygen atoms in total. The minimum Gasteiger partial charge on any atom is -0.494 e. The van der Waals surface area contributed by atoms with Crippen molar-refractivity contribution in [3.05, 3.63) is 56.0 Å². The van der Waals surface area contributed by atoms with Crippen LogP contribution in [0.1, 0.15) is 6.92 Å². The average Bonchev–Trinajstić information content (AvgIpc) is 2.22. The van der Waals surface area contributed by atoms with Gasteiger partial charge in [-0.15, -0.1) is 0 Å². The summed E-state index contributed by atoms with van der Waals surface area (Å²) >= 11 is 0. The predicted molar refractivity (Wildman–Crippen MR) is 59.1 cm³/mol. The van der Waals surface area contributed by atoms with Crippen LogP contribution in [0.2, 0.25) is 0 Å². The summed E-state index contributed by atoms with van der Waals surface area (Å²) in [4.78, 5) is 0. The quantitative estimate of drug-likeness (QED) is 0.681. The van der Waals surface area contributed by atoms with Crippen LogP contribution in [0.15, 0.2) is 56.0 Å². The predicted octanol–water partition coefficient (Wildman–Crippen LogP) is 3.38. The molecule has 1 aromatic rings. The third-order valence-electron chi connectivity index (χ3n) is 1.25. The molecule has 0 aromatic heterocycles. The van der Waals surface area contributed by atoms with Gasteiger partial charge in [0.1, 0.15) is 5.75 Å². The van der Waals surface area contributed by atoms with Crippen molar-refractivity contribution < 1.29 is 9.47 Å². The molecule has 0 amide bonds. The summed E-state index contributed by atoms with van der Waals surface area (Å²) in [6, 6.07) is 9.80. The van der Waals surface area contributed by atoms with Crippen LogP contribution in [0, 0.1) is 0 Å². The summed E-state index contributed by atoms with van der Waals surface area (Å²) in [5.74, 6) is 0.944. The highest BCUT2D eigenvalue weighted by molar-refractivity contribution is 5.20. The lowest BCUT2D eigenvalue weighted by atomic mass is 10.3. The molecule has 0 bridgehead atoms. The number of rotatable bonds is 4. The molecule has 0 fully saturated rings. The van der Waals surface area contributed by atoms with E-state index in [4.69, 9.17) is 4.74 Å². The van der Waals surface area contributed by atoms with E-state index in [2.05, 4.69) is 17.9 Å². The number of ether oxygens (including phenoxy) is 2. The molecule has 0 unspecified atom stereocenters. The van der Waals surface area contributed by atoms with Gasteiger partial charge >= 0.3 is 0 Å². The topological polar surface area (TPSA) is 18.5 Å². The van der Waals surface area contributed by atoms with Gasteiger partial charge < -0.3 is 9.47 Å². The Morgan fingerprint density at radius 1 is 1.14 bits per heavy atom. The maximum absolute atomic E-state index is 5.21. The Kier molecular flexibility index (Phi) is 8.25. The van der Waals surface area contributed by atoms with Gasteiger partial charge in [0.05, 0.1) is 19.1 Å². The van der Waals surface area contributed by atoms with Gasteiger partial charge in [-0.3, -0.25) is 0 Å². The fourth-order valence-corrected chi connectivity index (χ4v) is 0.751. The Hall–Kier alpha value is -1.70. The smallest absolute Gasteiger partial charge is 0.119 e. The summed E-state index contributed by atoms with van der Waals surface area (Å²) in [7, 11) is 0. The standard InChI is InChI=1S/C8H10O.C4H6O/c1-2-9-8-6-4-3-5-7-8;1-3-5-4-2/h3-7H,2H2,1H3;3-4H,1-2H2. The number of hydrogen-bond acceptors (Lipinski definition) is 2. The van der Waals surface area contributed by atoms with Gasteiger partial charge in [0, 0.05) is 0 Å². The minimum absolute atomic E-state index is 0.740. The van der Waals surface area contributed by atoms with Gasteiger partial charge in [-0.05, 0) is 19.1 Å². The average molecular weight is 192 g/mol. The zero-order valence-electron chi connectivity index (χ0n) is 8.48. The summed E-state index contributed by atoms with van der Waals surface area (Å²) < 4.78 is 9.57. The molecule has 0 aliphatic carbocycles. The SMILES string of the molecule is C=COC=C.CCOc1ccccc1. The molecular formula is C12H16O2. The first-order valence-corrected chi connectivity index (χ1v) is 4.40. The van der Waals surface area contributed by atoms with E-state index in [9.17, 15) is 0 Å². The second kappa shape index (κ2) is 9.39. The molecular weight excluding hydrogens is 176 g/mol. The fourth-order valence-electron chi connectivity index (χ4n) is 0.751. The number of para-hydroxylation sites is 1. The van der Waals surface area contributed by atoms with E-state index in [1.54, 1.807) is 0 Å². The Balaban J connectivity index is 0.000000292. The van der Waals surface area contributed by atoms with Crippen molar-refractivity contribution in [3.8, 4) is 5.75 Å². The molecule has 0 N–H and O–H groups in total. The Bertz CT molecular complexity index is 236. The first-order chi connectivity index (χ1) is 6.85. The van der Waals surface area contributed by atoms with Gasteiger partial charge in [0.25, 0.3) is 0 Å². The Morgan fingerprint density at radius 3 is 2.07 bits per heavy atom. The molecule has 0 atom stereocenters. The lowest BCUT2D eigenvalue weighted by molar-refractivity contribution is 0.340. The number of benzene rings is 1. The van der Waals surface area contributed by atoms with Crippen LogP contribution in [0.25, 0.3) is 0 Å². The Labute approximate surface area is 85.5 Å². The summed E-state index contributed by atoms with van der Waals surface area (Å²) in [5, 5.41) is 0. The van der Waals surface area contributed by atoms with Crippen molar-refractivity contribution in [1.82, 2.24) is 0 Å². The second-order valence-corrected chi connectivity index (χ2v) is 2.22. The largest absolute Gasteiger partial charge is 0.494 e. The molecule has 0 aliphatic heterocycles. The highest BCUT2D eigenvalue weighted by Crippen LogP contribution is 2.06. The van der Waals surface area contributed by atoms with Crippen LogP contribution in [-0.2, 0) is 4.74 Å². The van der Waals surface area contributed by atoms with Crippen molar-refractivity contribution in [3.63, 3.8) is 0 Å². The van der Waals surface area contributed by atoms with Gasteiger partial charge in [0.15, 0.2) is 0 Å². The van der Waals surface area contributed by atoms with E-state index < -0.39 is 0 Å². The van der Waals surface area contributed by atoms with E-state index in [0.29, 0.717) is 0 Å². The molecule has 1 aromatic carbocycles. The van der Waals surface area contributed by atoms with E-state index in [-0.39, 0.29) is 0 Å². The maximum atomic E-state index is 5.21. The van der Waals surface area contributed by atoms with Gasteiger partial charge in [-0.2, -0.15) is 0 Å². The molecule has 0 aliphatic rings. The number of hydrogen-bond donors (Lipinski definition) is 0. The molecule has 14 heavy (non-hydrogen) atoms. The van der Waals surface area contributed by atoms with Crippen LogP contribution >= 0.6 is 0 Å². The summed E-state index contributed by atoms with van der Waals surface area (Å²) in [6.45, 7) is 9.23.